The monoisotopic (exact) mass is 151 g/mol. The van der Waals surface area contributed by atoms with Gasteiger partial charge in [0.2, 0.25) is 0 Å². The van der Waals surface area contributed by atoms with Crippen LogP contribution in [0.2, 0.25) is 0 Å². The van der Waals surface area contributed by atoms with Crippen molar-refractivity contribution in [1.82, 2.24) is 0 Å². The number of alkyl halides is 2. The van der Waals surface area contributed by atoms with E-state index >= 15 is 0 Å². The molecule has 0 atom stereocenters. The Morgan fingerprint density at radius 2 is 2.00 bits per heavy atom. The van der Waals surface area contributed by atoms with Crippen LogP contribution in [0.3, 0.4) is 0 Å². The van der Waals surface area contributed by atoms with Gasteiger partial charge in [0, 0.05) is 6.92 Å². The van der Waals surface area contributed by atoms with E-state index in [1.807, 2.05) is 0 Å². The van der Waals surface area contributed by atoms with Crippen molar-refractivity contribution in [2.75, 3.05) is 0 Å². The molecule has 4 heteroatoms. The van der Waals surface area contributed by atoms with E-state index in [0.717, 1.165) is 6.92 Å². The Morgan fingerprint density at radius 3 is 2.10 bits per heavy atom. The van der Waals surface area contributed by atoms with Crippen LogP contribution in [-0.2, 0) is 0 Å². The highest BCUT2D eigenvalue weighted by atomic mass is 19.3. The lowest BCUT2D eigenvalue weighted by Crippen LogP contribution is -2.64. The molecule has 0 bridgehead atoms. The second-order valence-corrected chi connectivity index (χ2v) is 3.11. The van der Waals surface area contributed by atoms with Crippen LogP contribution in [-0.4, -0.2) is 22.7 Å². The number of rotatable bonds is 1. The Bertz CT molecular complexity index is 137. The molecule has 0 heterocycles. The summed E-state index contributed by atoms with van der Waals surface area (Å²) in [5, 5.41) is 8.73. The summed E-state index contributed by atoms with van der Waals surface area (Å²) in [5.41, 5.74) is 3.81. The maximum atomic E-state index is 12.5. The molecule has 1 rings (SSSR count). The van der Waals surface area contributed by atoms with Gasteiger partial charge >= 0.3 is 0 Å². The highest BCUT2D eigenvalue weighted by Crippen LogP contribution is 2.41. The number of halogens is 2. The van der Waals surface area contributed by atoms with Crippen LogP contribution >= 0.6 is 0 Å². The van der Waals surface area contributed by atoms with Gasteiger partial charge in [-0.15, -0.1) is 0 Å². The molecular formula is C6H11F2NO. The first-order chi connectivity index (χ1) is 4.35. The van der Waals surface area contributed by atoms with E-state index in [9.17, 15) is 8.78 Å². The molecule has 0 aromatic carbocycles. The summed E-state index contributed by atoms with van der Waals surface area (Å²) in [6.07, 6.45) is -0.608. The van der Waals surface area contributed by atoms with E-state index in [2.05, 4.69) is 0 Å². The van der Waals surface area contributed by atoms with Crippen LogP contribution in [0.25, 0.3) is 0 Å². The molecule has 1 fully saturated rings. The molecule has 2 nitrogen and oxygen atoms in total. The Balaban J connectivity index is 2.57. The average molecular weight is 151 g/mol. The van der Waals surface area contributed by atoms with Gasteiger partial charge in [-0.05, 0) is 12.8 Å². The van der Waals surface area contributed by atoms with E-state index in [1.54, 1.807) is 0 Å². The molecule has 0 aromatic rings. The molecule has 1 saturated carbocycles. The molecular weight excluding hydrogens is 140 g/mol. The van der Waals surface area contributed by atoms with E-state index in [0.29, 0.717) is 0 Å². The van der Waals surface area contributed by atoms with Gasteiger partial charge in [-0.25, -0.2) is 8.78 Å². The van der Waals surface area contributed by atoms with E-state index in [4.69, 9.17) is 10.8 Å². The lowest BCUT2D eigenvalue weighted by atomic mass is 9.71. The first-order valence-corrected chi connectivity index (χ1v) is 3.20. The van der Waals surface area contributed by atoms with Crippen molar-refractivity contribution in [3.05, 3.63) is 0 Å². The van der Waals surface area contributed by atoms with Crippen molar-refractivity contribution >= 4 is 0 Å². The molecule has 3 N–H and O–H groups in total. The Morgan fingerprint density at radius 1 is 1.60 bits per heavy atom. The molecule has 0 amide bonds. The lowest BCUT2D eigenvalue weighted by Gasteiger charge is -2.45. The number of hydrogen-bond donors (Lipinski definition) is 2. The molecule has 60 valence electrons. The maximum absolute atomic E-state index is 12.5. The van der Waals surface area contributed by atoms with Crippen LogP contribution in [0.4, 0.5) is 8.78 Å². The molecule has 1 aliphatic carbocycles. The second kappa shape index (κ2) is 1.89. The van der Waals surface area contributed by atoms with Crippen LogP contribution < -0.4 is 5.73 Å². The van der Waals surface area contributed by atoms with Crippen molar-refractivity contribution in [1.29, 1.82) is 0 Å². The lowest BCUT2D eigenvalue weighted by molar-refractivity contribution is -0.132. The third kappa shape index (κ3) is 1.01. The maximum Gasteiger partial charge on any atom is 0.263 e. The highest BCUT2D eigenvalue weighted by Gasteiger charge is 2.55. The first-order valence-electron chi connectivity index (χ1n) is 3.20. The zero-order valence-electron chi connectivity index (χ0n) is 5.77. The second-order valence-electron chi connectivity index (χ2n) is 3.11. The van der Waals surface area contributed by atoms with Gasteiger partial charge in [0.05, 0.1) is 11.6 Å². The van der Waals surface area contributed by atoms with E-state index in [-0.39, 0.29) is 12.8 Å². The zero-order valence-corrected chi connectivity index (χ0v) is 5.77. The van der Waals surface area contributed by atoms with Gasteiger partial charge in [0.15, 0.2) is 0 Å². The average Bonchev–Trinajstić information content (AvgIpc) is 1.58. The van der Waals surface area contributed by atoms with E-state index < -0.39 is 17.6 Å². The Hall–Kier alpha value is -0.220. The fraction of sp³-hybridized carbons (Fsp3) is 1.00. The van der Waals surface area contributed by atoms with Crippen molar-refractivity contribution in [2.45, 2.75) is 37.3 Å². The molecule has 0 aliphatic heterocycles. The summed E-state index contributed by atoms with van der Waals surface area (Å²) in [6.45, 7) is 0.791. The summed E-state index contributed by atoms with van der Waals surface area (Å²) in [4.78, 5) is 0. The fourth-order valence-corrected chi connectivity index (χ4v) is 1.14. The van der Waals surface area contributed by atoms with Gasteiger partial charge in [0.1, 0.15) is 0 Å². The predicted octanol–water partition coefficient (Wildman–Crippen LogP) is 0.494. The minimum atomic E-state index is -2.87. The number of hydrogen-bond acceptors (Lipinski definition) is 2. The quantitative estimate of drug-likeness (QED) is 0.573. The predicted molar refractivity (Wildman–Crippen MR) is 32.8 cm³/mol. The highest BCUT2D eigenvalue weighted by molar-refractivity contribution is 5.06. The van der Waals surface area contributed by atoms with Gasteiger partial charge in [-0.1, -0.05) is 0 Å². The number of aliphatic hydroxyl groups is 1. The van der Waals surface area contributed by atoms with Crippen molar-refractivity contribution in [3.63, 3.8) is 0 Å². The molecule has 0 saturated heterocycles. The smallest absolute Gasteiger partial charge is 0.263 e. The summed E-state index contributed by atoms with van der Waals surface area (Å²) in [5.74, 6) is -2.87. The van der Waals surface area contributed by atoms with Gasteiger partial charge in [-0.2, -0.15) is 0 Å². The molecule has 1 aliphatic rings. The first kappa shape index (κ1) is 7.88. The van der Waals surface area contributed by atoms with Gasteiger partial charge in [-0.3, -0.25) is 0 Å². The summed E-state index contributed by atoms with van der Waals surface area (Å²) < 4.78 is 25.0. The minimum Gasteiger partial charge on any atom is -0.393 e. The third-order valence-corrected chi connectivity index (χ3v) is 2.07. The van der Waals surface area contributed by atoms with E-state index in [1.165, 1.54) is 0 Å². The van der Waals surface area contributed by atoms with Crippen LogP contribution in [0, 0.1) is 0 Å². The standard InChI is InChI=1S/C6H11F2NO/c1-5(7,8)6(9)2-4(10)3-6/h4,10H,2-3,9H2,1H3. The molecule has 0 radical (unpaired) electrons. The number of nitrogens with two attached hydrogens (primary N) is 1. The largest absolute Gasteiger partial charge is 0.393 e. The molecule has 0 aromatic heterocycles. The SMILES string of the molecule is CC(F)(F)C1(N)CC(O)C1. The minimum absolute atomic E-state index is 0.0104. The van der Waals surface area contributed by atoms with Crippen molar-refractivity contribution < 1.29 is 13.9 Å². The topological polar surface area (TPSA) is 46.2 Å². The van der Waals surface area contributed by atoms with Crippen molar-refractivity contribution in [3.8, 4) is 0 Å². The summed E-state index contributed by atoms with van der Waals surface area (Å²) >= 11 is 0. The molecule has 0 spiro atoms. The van der Waals surface area contributed by atoms with Crippen LogP contribution in [0.1, 0.15) is 19.8 Å². The third-order valence-electron chi connectivity index (χ3n) is 2.07. The Labute approximate surface area is 58.0 Å². The molecule has 10 heavy (non-hydrogen) atoms. The zero-order chi connectivity index (χ0) is 7.99. The fourth-order valence-electron chi connectivity index (χ4n) is 1.14. The van der Waals surface area contributed by atoms with Crippen LogP contribution in [0.15, 0.2) is 0 Å². The van der Waals surface area contributed by atoms with Crippen molar-refractivity contribution in [2.24, 2.45) is 5.73 Å². The molecule has 0 unspecified atom stereocenters. The van der Waals surface area contributed by atoms with Gasteiger partial charge in [0.25, 0.3) is 5.92 Å². The van der Waals surface area contributed by atoms with Crippen LogP contribution in [0.5, 0.6) is 0 Å². The number of aliphatic hydroxyl groups excluding tert-OH is 1. The summed E-state index contributed by atoms with van der Waals surface area (Å²) in [7, 11) is 0. The van der Waals surface area contributed by atoms with Gasteiger partial charge < -0.3 is 10.8 Å². The summed E-state index contributed by atoms with van der Waals surface area (Å²) in [6, 6.07) is 0. The normalized spacial score (nSPS) is 41.1. The Kier molecular flexibility index (Phi) is 1.49.